The third-order valence-electron chi connectivity index (χ3n) is 2.12. The molecule has 2 unspecified atom stereocenters. The van der Waals surface area contributed by atoms with Crippen molar-refractivity contribution in [3.05, 3.63) is 35.9 Å². The summed E-state index contributed by atoms with van der Waals surface area (Å²) in [5, 5.41) is 18.1. The summed E-state index contributed by atoms with van der Waals surface area (Å²) in [6.45, 7) is 0.116. The minimum absolute atomic E-state index is 0.116. The van der Waals surface area contributed by atoms with Gasteiger partial charge in [0.05, 0.1) is 11.5 Å². The molecule has 1 aromatic carbocycles. The summed E-state index contributed by atoms with van der Waals surface area (Å²) in [5.41, 5.74) is 0.824. The Hall–Kier alpha value is -0.570. The Balaban J connectivity index is 2.52. The van der Waals surface area contributed by atoms with E-state index in [4.69, 9.17) is 16.7 Å². The third-order valence-corrected chi connectivity index (χ3v) is 2.58. The molecule has 0 radical (unpaired) electrons. The van der Waals surface area contributed by atoms with Crippen molar-refractivity contribution in [3.63, 3.8) is 0 Å². The molecule has 0 aliphatic rings. The van der Waals surface area contributed by atoms with Crippen molar-refractivity contribution in [2.75, 3.05) is 6.61 Å². The second kappa shape index (κ2) is 6.02. The largest absolute Gasteiger partial charge is 0.396 e. The molecule has 2 atom stereocenters. The zero-order valence-electron chi connectivity index (χ0n) is 7.94. The van der Waals surface area contributed by atoms with Crippen molar-refractivity contribution < 1.29 is 10.2 Å². The quantitative estimate of drug-likeness (QED) is 0.737. The number of aliphatic hydroxyl groups excluding tert-OH is 2. The molecule has 78 valence electrons. The van der Waals surface area contributed by atoms with Crippen LogP contribution in [0.15, 0.2) is 30.3 Å². The fourth-order valence-electron chi connectivity index (χ4n) is 1.30. The first kappa shape index (κ1) is 11.5. The topological polar surface area (TPSA) is 40.5 Å². The zero-order valence-corrected chi connectivity index (χ0v) is 8.69. The fraction of sp³-hybridized carbons (Fsp3) is 0.455. The van der Waals surface area contributed by atoms with E-state index in [1.165, 1.54) is 0 Å². The summed E-state index contributed by atoms with van der Waals surface area (Å²) in [7, 11) is 0. The van der Waals surface area contributed by atoms with Crippen LogP contribution in [0.2, 0.25) is 0 Å². The number of hydrogen-bond acceptors (Lipinski definition) is 2. The molecule has 0 spiro atoms. The molecule has 0 amide bonds. The molecule has 2 nitrogen and oxygen atoms in total. The molecule has 1 rings (SSSR count). The summed E-state index contributed by atoms with van der Waals surface area (Å²) in [5.74, 6) is 0. The molecule has 0 aliphatic carbocycles. The number of halogens is 1. The molecule has 0 fully saturated rings. The molecule has 3 heteroatoms. The van der Waals surface area contributed by atoms with Gasteiger partial charge in [0.25, 0.3) is 0 Å². The standard InChI is InChI=1S/C11H15ClO2/c12-10(7-4-8-13)11(14)9-5-2-1-3-6-9/h1-3,5-6,10-11,13-14H,4,7-8H2. The Bertz CT molecular complexity index is 251. The summed E-state index contributed by atoms with van der Waals surface area (Å²) in [6.07, 6.45) is 0.594. The summed E-state index contributed by atoms with van der Waals surface area (Å²) in [4.78, 5) is 0. The van der Waals surface area contributed by atoms with Crippen molar-refractivity contribution in [3.8, 4) is 0 Å². The second-order valence-corrected chi connectivity index (χ2v) is 3.80. The molecule has 2 N–H and O–H groups in total. The SMILES string of the molecule is OCCCC(Cl)C(O)c1ccccc1. The van der Waals surface area contributed by atoms with Crippen molar-refractivity contribution >= 4 is 11.6 Å². The van der Waals surface area contributed by atoms with Gasteiger partial charge in [0.15, 0.2) is 0 Å². The highest BCUT2D eigenvalue weighted by atomic mass is 35.5. The van der Waals surface area contributed by atoms with E-state index in [0.29, 0.717) is 12.8 Å². The van der Waals surface area contributed by atoms with Crippen LogP contribution in [0.25, 0.3) is 0 Å². The van der Waals surface area contributed by atoms with Gasteiger partial charge in [-0.05, 0) is 18.4 Å². The number of alkyl halides is 1. The van der Waals surface area contributed by atoms with Crippen LogP contribution in [-0.4, -0.2) is 22.2 Å². The molecular weight excluding hydrogens is 200 g/mol. The Morgan fingerprint density at radius 1 is 1.21 bits per heavy atom. The van der Waals surface area contributed by atoms with Gasteiger partial charge in [-0.1, -0.05) is 30.3 Å². The third kappa shape index (κ3) is 3.29. The summed E-state index contributed by atoms with van der Waals surface area (Å²) in [6, 6.07) is 9.33. The highest BCUT2D eigenvalue weighted by Gasteiger charge is 2.17. The maximum atomic E-state index is 9.80. The molecule has 0 bridgehead atoms. The van der Waals surface area contributed by atoms with E-state index in [-0.39, 0.29) is 12.0 Å². The maximum Gasteiger partial charge on any atom is 0.0953 e. The molecular formula is C11H15ClO2. The van der Waals surface area contributed by atoms with Crippen molar-refractivity contribution in [1.82, 2.24) is 0 Å². The van der Waals surface area contributed by atoms with Gasteiger partial charge in [-0.3, -0.25) is 0 Å². The first-order chi connectivity index (χ1) is 6.75. The summed E-state index contributed by atoms with van der Waals surface area (Å²) >= 11 is 5.98. The van der Waals surface area contributed by atoms with E-state index in [1.807, 2.05) is 30.3 Å². The lowest BCUT2D eigenvalue weighted by Crippen LogP contribution is -2.12. The number of hydrogen-bond donors (Lipinski definition) is 2. The first-order valence-electron chi connectivity index (χ1n) is 4.73. The predicted octanol–water partition coefficient (Wildman–Crippen LogP) is 2.10. The Morgan fingerprint density at radius 2 is 1.86 bits per heavy atom. The summed E-state index contributed by atoms with van der Waals surface area (Å²) < 4.78 is 0. The van der Waals surface area contributed by atoms with Crippen LogP contribution in [0.1, 0.15) is 24.5 Å². The van der Waals surface area contributed by atoms with E-state index in [9.17, 15) is 5.11 Å². The van der Waals surface area contributed by atoms with Gasteiger partial charge < -0.3 is 10.2 Å². The van der Waals surface area contributed by atoms with E-state index < -0.39 is 6.10 Å². The lowest BCUT2D eigenvalue weighted by atomic mass is 10.0. The van der Waals surface area contributed by atoms with Crippen LogP contribution in [0, 0.1) is 0 Å². The number of rotatable bonds is 5. The van der Waals surface area contributed by atoms with E-state index in [0.717, 1.165) is 5.56 Å². The zero-order chi connectivity index (χ0) is 10.4. The molecule has 0 saturated carbocycles. The van der Waals surface area contributed by atoms with Gasteiger partial charge in [0.2, 0.25) is 0 Å². The van der Waals surface area contributed by atoms with E-state index >= 15 is 0 Å². The van der Waals surface area contributed by atoms with Crippen molar-refractivity contribution in [2.24, 2.45) is 0 Å². The highest BCUT2D eigenvalue weighted by molar-refractivity contribution is 6.21. The maximum absolute atomic E-state index is 9.80. The lowest BCUT2D eigenvalue weighted by Gasteiger charge is -2.16. The fourth-order valence-corrected chi connectivity index (χ4v) is 1.60. The predicted molar refractivity (Wildman–Crippen MR) is 57.4 cm³/mol. The second-order valence-electron chi connectivity index (χ2n) is 3.24. The van der Waals surface area contributed by atoms with Crippen LogP contribution >= 0.6 is 11.6 Å². The van der Waals surface area contributed by atoms with Crippen molar-refractivity contribution in [2.45, 2.75) is 24.3 Å². The van der Waals surface area contributed by atoms with Crippen molar-refractivity contribution in [1.29, 1.82) is 0 Å². The average molecular weight is 215 g/mol. The van der Waals surface area contributed by atoms with Crippen LogP contribution in [-0.2, 0) is 0 Å². The smallest absolute Gasteiger partial charge is 0.0953 e. The Kier molecular flexibility index (Phi) is 4.94. The molecule has 0 saturated heterocycles. The Labute approximate surface area is 89.1 Å². The molecule has 0 aromatic heterocycles. The van der Waals surface area contributed by atoms with Gasteiger partial charge >= 0.3 is 0 Å². The molecule has 0 heterocycles. The highest BCUT2D eigenvalue weighted by Crippen LogP contribution is 2.23. The molecule has 0 aliphatic heterocycles. The van der Waals surface area contributed by atoms with Crippen LogP contribution in [0.4, 0.5) is 0 Å². The Morgan fingerprint density at radius 3 is 2.43 bits per heavy atom. The first-order valence-corrected chi connectivity index (χ1v) is 5.17. The van der Waals surface area contributed by atoms with E-state index in [2.05, 4.69) is 0 Å². The molecule has 1 aromatic rings. The average Bonchev–Trinajstić information content (AvgIpc) is 2.26. The van der Waals surface area contributed by atoms with Gasteiger partial charge in [0.1, 0.15) is 0 Å². The lowest BCUT2D eigenvalue weighted by molar-refractivity contribution is 0.163. The van der Waals surface area contributed by atoms with Crippen LogP contribution in [0.5, 0.6) is 0 Å². The van der Waals surface area contributed by atoms with Gasteiger partial charge in [-0.25, -0.2) is 0 Å². The van der Waals surface area contributed by atoms with Crippen LogP contribution < -0.4 is 0 Å². The minimum atomic E-state index is -0.649. The van der Waals surface area contributed by atoms with Gasteiger partial charge in [-0.15, -0.1) is 11.6 Å². The number of benzene rings is 1. The van der Waals surface area contributed by atoms with Gasteiger partial charge in [0, 0.05) is 6.61 Å². The normalized spacial score (nSPS) is 15.1. The molecule has 14 heavy (non-hydrogen) atoms. The van der Waals surface area contributed by atoms with Crippen LogP contribution in [0.3, 0.4) is 0 Å². The van der Waals surface area contributed by atoms with E-state index in [1.54, 1.807) is 0 Å². The monoisotopic (exact) mass is 214 g/mol. The minimum Gasteiger partial charge on any atom is -0.396 e. The number of aliphatic hydroxyl groups is 2. The van der Waals surface area contributed by atoms with Gasteiger partial charge in [-0.2, -0.15) is 0 Å².